The Labute approximate surface area is 164 Å². The van der Waals surface area contributed by atoms with E-state index < -0.39 is 5.91 Å². The molecule has 1 aromatic carbocycles. The van der Waals surface area contributed by atoms with Gasteiger partial charge in [-0.25, -0.2) is 9.07 Å². The highest BCUT2D eigenvalue weighted by molar-refractivity contribution is 6.30. The number of nitrogens with one attached hydrogen (secondary N) is 1. The summed E-state index contributed by atoms with van der Waals surface area (Å²) in [6, 6.07) is 10.8. The molecule has 4 aromatic rings. The zero-order valence-electron chi connectivity index (χ0n) is 14.8. The van der Waals surface area contributed by atoms with E-state index in [1.807, 2.05) is 0 Å². The van der Waals surface area contributed by atoms with E-state index in [0.29, 0.717) is 34.5 Å². The van der Waals surface area contributed by atoms with Gasteiger partial charge in [0.15, 0.2) is 5.76 Å². The van der Waals surface area contributed by atoms with Crippen molar-refractivity contribution < 1.29 is 13.6 Å². The summed E-state index contributed by atoms with van der Waals surface area (Å²) >= 11 is 5.84. The Balaban J connectivity index is 1.52. The van der Waals surface area contributed by atoms with Crippen LogP contribution in [-0.2, 0) is 6.54 Å². The average molecular weight is 400 g/mol. The minimum Gasteiger partial charge on any atom is -0.454 e. The summed E-state index contributed by atoms with van der Waals surface area (Å²) in [4.78, 5) is 12.6. The number of carbonyl (C=O) groups excluding carboxylic acids is 1. The molecule has 9 heteroatoms. The average Bonchev–Trinajstić information content (AvgIpc) is 3.37. The smallest absolute Gasteiger partial charge is 0.292 e. The molecule has 7 nitrogen and oxygen atoms in total. The molecule has 0 unspecified atom stereocenters. The number of benzene rings is 1. The van der Waals surface area contributed by atoms with Crippen molar-refractivity contribution in [1.29, 1.82) is 0 Å². The maximum Gasteiger partial charge on any atom is 0.292 e. The molecule has 0 aliphatic heterocycles. The van der Waals surface area contributed by atoms with Gasteiger partial charge in [0.25, 0.3) is 5.91 Å². The van der Waals surface area contributed by atoms with Gasteiger partial charge in [0.05, 0.1) is 29.1 Å². The van der Waals surface area contributed by atoms with Crippen LogP contribution in [-0.4, -0.2) is 25.5 Å². The van der Waals surface area contributed by atoms with Crippen molar-refractivity contribution >= 4 is 23.3 Å². The van der Waals surface area contributed by atoms with Crippen LogP contribution < -0.4 is 5.32 Å². The molecule has 28 heavy (non-hydrogen) atoms. The monoisotopic (exact) mass is 399 g/mol. The molecule has 0 atom stereocenters. The number of carbonyl (C=O) groups is 1. The van der Waals surface area contributed by atoms with Crippen molar-refractivity contribution in [2.75, 3.05) is 5.32 Å². The first-order valence-corrected chi connectivity index (χ1v) is 8.76. The quantitative estimate of drug-likeness (QED) is 0.549. The minimum absolute atomic E-state index is 0.151. The Kier molecular flexibility index (Phi) is 4.70. The van der Waals surface area contributed by atoms with Crippen molar-refractivity contribution in [2.45, 2.75) is 13.5 Å². The lowest BCUT2D eigenvalue weighted by atomic mass is 10.3. The van der Waals surface area contributed by atoms with E-state index in [0.717, 1.165) is 0 Å². The molecule has 3 heterocycles. The second-order valence-electron chi connectivity index (χ2n) is 6.14. The largest absolute Gasteiger partial charge is 0.454 e. The molecule has 3 aromatic heterocycles. The van der Waals surface area contributed by atoms with Crippen LogP contribution >= 0.6 is 11.6 Å². The van der Waals surface area contributed by atoms with E-state index in [1.54, 1.807) is 48.1 Å². The molecule has 1 N–H and O–H groups in total. The molecule has 0 radical (unpaired) electrons. The third-order valence-electron chi connectivity index (χ3n) is 3.95. The molecule has 0 aliphatic rings. The van der Waals surface area contributed by atoms with Crippen LogP contribution in [0.5, 0.6) is 0 Å². The molecule has 0 aliphatic carbocycles. The topological polar surface area (TPSA) is 77.9 Å². The molecule has 142 valence electrons. The highest BCUT2D eigenvalue weighted by Gasteiger charge is 2.16. The molecular formula is C19H15ClFN5O2. The van der Waals surface area contributed by atoms with Gasteiger partial charge in [-0.3, -0.25) is 9.48 Å². The van der Waals surface area contributed by atoms with Crippen LogP contribution in [0.4, 0.5) is 10.2 Å². The lowest BCUT2D eigenvalue weighted by molar-refractivity contribution is 0.0994. The van der Waals surface area contributed by atoms with E-state index in [-0.39, 0.29) is 11.6 Å². The lowest BCUT2D eigenvalue weighted by Gasteiger charge is -2.08. The number of hydrogen-bond acceptors (Lipinski definition) is 4. The van der Waals surface area contributed by atoms with E-state index in [2.05, 4.69) is 15.5 Å². The van der Waals surface area contributed by atoms with Gasteiger partial charge in [-0.15, -0.1) is 0 Å². The predicted molar refractivity (Wildman–Crippen MR) is 101 cm³/mol. The predicted octanol–water partition coefficient (Wildman–Crippen LogP) is 4.06. The zero-order valence-corrected chi connectivity index (χ0v) is 15.5. The number of rotatable bonds is 5. The highest BCUT2D eigenvalue weighted by atomic mass is 35.5. The number of halogens is 2. The SMILES string of the molecule is Cc1cc(NC(=O)c2ccc(Cn3cc(Cl)cn3)o2)n(-c2ccc(F)cc2)n1. The molecule has 0 saturated carbocycles. The zero-order chi connectivity index (χ0) is 19.7. The van der Waals surface area contributed by atoms with Crippen LogP contribution in [0.3, 0.4) is 0 Å². The molecule has 1 amide bonds. The molecule has 0 spiro atoms. The summed E-state index contributed by atoms with van der Waals surface area (Å²) in [5, 5.41) is 11.7. The number of nitrogens with zero attached hydrogens (tertiary/aromatic N) is 4. The normalized spacial score (nSPS) is 11.0. The summed E-state index contributed by atoms with van der Waals surface area (Å²) in [6.45, 7) is 2.16. The first-order chi connectivity index (χ1) is 13.5. The number of anilines is 1. The van der Waals surface area contributed by atoms with Crippen LogP contribution in [0.1, 0.15) is 22.0 Å². The van der Waals surface area contributed by atoms with E-state index in [1.165, 1.54) is 23.0 Å². The van der Waals surface area contributed by atoms with Gasteiger partial charge in [0.2, 0.25) is 0 Å². The Morgan fingerprint density at radius 1 is 1.25 bits per heavy atom. The van der Waals surface area contributed by atoms with Gasteiger partial charge in [0, 0.05) is 12.3 Å². The molecule has 4 rings (SSSR count). The van der Waals surface area contributed by atoms with Crippen molar-refractivity contribution in [1.82, 2.24) is 19.6 Å². The highest BCUT2D eigenvalue weighted by Crippen LogP contribution is 2.19. The summed E-state index contributed by atoms with van der Waals surface area (Å²) in [5.41, 5.74) is 1.33. The van der Waals surface area contributed by atoms with Gasteiger partial charge in [-0.05, 0) is 43.3 Å². The van der Waals surface area contributed by atoms with Crippen LogP contribution in [0, 0.1) is 12.7 Å². The molecule has 0 saturated heterocycles. The number of hydrogen-bond donors (Lipinski definition) is 1. The fourth-order valence-corrected chi connectivity index (χ4v) is 2.87. The lowest BCUT2D eigenvalue weighted by Crippen LogP contribution is -2.14. The molecular weight excluding hydrogens is 385 g/mol. The van der Waals surface area contributed by atoms with Gasteiger partial charge in [0.1, 0.15) is 17.4 Å². The van der Waals surface area contributed by atoms with Gasteiger partial charge in [-0.2, -0.15) is 10.2 Å². The van der Waals surface area contributed by atoms with E-state index >= 15 is 0 Å². The van der Waals surface area contributed by atoms with Crippen molar-refractivity contribution in [3.05, 3.63) is 82.9 Å². The van der Waals surface area contributed by atoms with Gasteiger partial charge >= 0.3 is 0 Å². The second-order valence-corrected chi connectivity index (χ2v) is 6.57. The van der Waals surface area contributed by atoms with Gasteiger partial charge in [-0.1, -0.05) is 11.6 Å². The Bertz CT molecular complexity index is 1130. The summed E-state index contributed by atoms with van der Waals surface area (Å²) < 4.78 is 21.9. The fourth-order valence-electron chi connectivity index (χ4n) is 2.71. The van der Waals surface area contributed by atoms with E-state index in [9.17, 15) is 9.18 Å². The Morgan fingerprint density at radius 2 is 2.04 bits per heavy atom. The number of aryl methyl sites for hydroxylation is 1. The second kappa shape index (κ2) is 7.32. The summed E-state index contributed by atoms with van der Waals surface area (Å²) in [6.07, 6.45) is 3.19. The first-order valence-electron chi connectivity index (χ1n) is 8.38. The van der Waals surface area contributed by atoms with Crippen molar-refractivity contribution in [3.63, 3.8) is 0 Å². The summed E-state index contributed by atoms with van der Waals surface area (Å²) in [5.74, 6) is 0.393. The Hall–Kier alpha value is -3.39. The molecule has 0 bridgehead atoms. The standard InChI is InChI=1S/C19H15ClFN5O2/c1-12-8-18(26(24-12)15-4-2-14(21)3-5-15)23-19(27)17-7-6-16(28-17)11-25-10-13(20)9-22-25/h2-10H,11H2,1H3,(H,23,27). The maximum absolute atomic E-state index is 13.2. The fraction of sp³-hybridized carbons (Fsp3) is 0.105. The first kappa shape index (κ1) is 18.0. The maximum atomic E-state index is 13.2. The Morgan fingerprint density at radius 3 is 2.75 bits per heavy atom. The number of amides is 1. The summed E-state index contributed by atoms with van der Waals surface area (Å²) in [7, 11) is 0. The van der Waals surface area contributed by atoms with Crippen LogP contribution in [0.15, 0.2) is 59.3 Å². The third-order valence-corrected chi connectivity index (χ3v) is 4.14. The van der Waals surface area contributed by atoms with Crippen molar-refractivity contribution in [2.24, 2.45) is 0 Å². The van der Waals surface area contributed by atoms with E-state index in [4.69, 9.17) is 16.0 Å². The van der Waals surface area contributed by atoms with Gasteiger partial charge < -0.3 is 9.73 Å². The minimum atomic E-state index is -0.423. The van der Waals surface area contributed by atoms with Crippen LogP contribution in [0.2, 0.25) is 5.02 Å². The third kappa shape index (κ3) is 3.81. The number of aromatic nitrogens is 4. The number of furan rings is 1. The molecule has 0 fully saturated rings. The van der Waals surface area contributed by atoms with Crippen molar-refractivity contribution in [3.8, 4) is 5.69 Å². The van der Waals surface area contributed by atoms with Crippen LogP contribution in [0.25, 0.3) is 5.69 Å².